The van der Waals surface area contributed by atoms with Crippen molar-refractivity contribution in [3.63, 3.8) is 0 Å². The topological polar surface area (TPSA) is 67.2 Å². The van der Waals surface area contributed by atoms with Gasteiger partial charge in [-0.05, 0) is 62.7 Å². The number of carbonyl (C=O) groups excluding carboxylic acids is 1. The van der Waals surface area contributed by atoms with E-state index >= 15 is 0 Å². The number of rotatable bonds is 5. The molecular formula is C22H32N6O. The van der Waals surface area contributed by atoms with Crippen molar-refractivity contribution in [3.8, 4) is 0 Å². The largest absolute Gasteiger partial charge is 0.340 e. The summed E-state index contributed by atoms with van der Waals surface area (Å²) in [5.74, 6) is 1.10. The zero-order valence-electron chi connectivity index (χ0n) is 17.8. The molecule has 2 aromatic rings. The van der Waals surface area contributed by atoms with Crippen molar-refractivity contribution in [2.45, 2.75) is 63.5 Å². The molecule has 2 heterocycles. The van der Waals surface area contributed by atoms with Crippen LogP contribution in [0.1, 0.15) is 61.5 Å². The van der Waals surface area contributed by atoms with Crippen LogP contribution in [0.3, 0.4) is 0 Å². The molecule has 2 fully saturated rings. The minimum absolute atomic E-state index is 0.182. The van der Waals surface area contributed by atoms with Gasteiger partial charge in [0.15, 0.2) is 5.82 Å². The quantitative estimate of drug-likeness (QED) is 0.777. The molecule has 0 N–H and O–H groups in total. The number of likely N-dealkylation sites (tertiary alicyclic amines) is 1. The third kappa shape index (κ3) is 3.92. The second-order valence-electron chi connectivity index (χ2n) is 8.90. The standard InChI is InChI=1S/C22H32N6O/c1-17-8-6-9-18(14-17)15-20(29)27-13-7-12-22(16-27,26(2)3)21-23-24-25-28(21)19-10-4-5-11-19/h6,8-9,14,19H,4-5,7,10-13,15-16H2,1-3H3. The van der Waals surface area contributed by atoms with Crippen LogP contribution < -0.4 is 0 Å². The maximum atomic E-state index is 13.1. The first-order valence-corrected chi connectivity index (χ1v) is 10.8. The van der Waals surface area contributed by atoms with Crippen LogP contribution in [0.15, 0.2) is 24.3 Å². The number of carbonyl (C=O) groups is 1. The van der Waals surface area contributed by atoms with E-state index in [9.17, 15) is 4.79 Å². The number of tetrazole rings is 1. The molecule has 7 nitrogen and oxygen atoms in total. The Morgan fingerprint density at radius 2 is 2.03 bits per heavy atom. The minimum Gasteiger partial charge on any atom is -0.340 e. The first kappa shape index (κ1) is 20.0. The second kappa shape index (κ2) is 8.22. The highest BCUT2D eigenvalue weighted by atomic mass is 16.2. The van der Waals surface area contributed by atoms with E-state index in [1.807, 2.05) is 17.0 Å². The van der Waals surface area contributed by atoms with Crippen LogP contribution in [-0.4, -0.2) is 63.1 Å². The van der Waals surface area contributed by atoms with Gasteiger partial charge in [0.1, 0.15) is 5.54 Å². The smallest absolute Gasteiger partial charge is 0.227 e. The first-order valence-electron chi connectivity index (χ1n) is 10.8. The van der Waals surface area contributed by atoms with Crippen LogP contribution in [-0.2, 0) is 16.8 Å². The number of amides is 1. The lowest BCUT2D eigenvalue weighted by molar-refractivity contribution is -0.134. The average Bonchev–Trinajstić information content (AvgIpc) is 3.39. The van der Waals surface area contributed by atoms with Crippen molar-refractivity contribution < 1.29 is 4.79 Å². The van der Waals surface area contributed by atoms with E-state index in [4.69, 9.17) is 0 Å². The molecular weight excluding hydrogens is 364 g/mol. The Morgan fingerprint density at radius 3 is 2.76 bits per heavy atom. The summed E-state index contributed by atoms with van der Waals surface area (Å²) < 4.78 is 2.06. The molecule has 1 unspecified atom stereocenters. The van der Waals surface area contributed by atoms with Gasteiger partial charge in [0.2, 0.25) is 5.91 Å². The SMILES string of the molecule is Cc1cccc(CC(=O)N2CCCC(c3nnnn3C3CCCC3)(N(C)C)C2)c1. The maximum Gasteiger partial charge on any atom is 0.227 e. The monoisotopic (exact) mass is 396 g/mol. The van der Waals surface area contributed by atoms with Gasteiger partial charge in [-0.15, -0.1) is 5.10 Å². The average molecular weight is 397 g/mol. The van der Waals surface area contributed by atoms with Crippen molar-refractivity contribution in [1.29, 1.82) is 0 Å². The van der Waals surface area contributed by atoms with Gasteiger partial charge < -0.3 is 4.90 Å². The summed E-state index contributed by atoms with van der Waals surface area (Å²) in [6, 6.07) is 8.61. The number of aromatic nitrogens is 4. The number of hydrogen-bond acceptors (Lipinski definition) is 5. The van der Waals surface area contributed by atoms with E-state index in [0.29, 0.717) is 19.0 Å². The highest BCUT2D eigenvalue weighted by Crippen LogP contribution is 2.38. The molecule has 1 atom stereocenters. The van der Waals surface area contributed by atoms with E-state index in [1.54, 1.807) is 0 Å². The van der Waals surface area contributed by atoms with Crippen LogP contribution >= 0.6 is 0 Å². The van der Waals surface area contributed by atoms with Crippen molar-refractivity contribution in [2.75, 3.05) is 27.2 Å². The molecule has 156 valence electrons. The zero-order valence-corrected chi connectivity index (χ0v) is 17.8. The number of likely N-dealkylation sites (N-methyl/N-ethyl adjacent to an activating group) is 1. The number of nitrogens with zero attached hydrogens (tertiary/aromatic N) is 6. The van der Waals surface area contributed by atoms with E-state index in [-0.39, 0.29) is 11.4 Å². The van der Waals surface area contributed by atoms with Crippen molar-refractivity contribution in [1.82, 2.24) is 30.0 Å². The van der Waals surface area contributed by atoms with E-state index in [2.05, 4.69) is 58.3 Å². The molecule has 1 saturated carbocycles. The summed E-state index contributed by atoms with van der Waals surface area (Å²) in [5.41, 5.74) is 1.92. The first-order chi connectivity index (χ1) is 14.0. The van der Waals surface area contributed by atoms with Crippen LogP contribution in [0, 0.1) is 6.92 Å². The van der Waals surface area contributed by atoms with Gasteiger partial charge >= 0.3 is 0 Å². The Hall–Kier alpha value is -2.28. The summed E-state index contributed by atoms with van der Waals surface area (Å²) in [6.45, 7) is 3.50. The molecule has 4 rings (SSSR count). The van der Waals surface area contributed by atoms with E-state index < -0.39 is 0 Å². The summed E-state index contributed by atoms with van der Waals surface area (Å²) >= 11 is 0. The zero-order chi connectivity index (χ0) is 20.4. The molecule has 0 radical (unpaired) electrons. The van der Waals surface area contributed by atoms with Gasteiger partial charge in [0, 0.05) is 13.1 Å². The molecule has 1 aliphatic heterocycles. The molecule has 0 spiro atoms. The normalized spacial score (nSPS) is 23.1. The fraction of sp³-hybridized carbons (Fsp3) is 0.636. The molecule has 1 aliphatic carbocycles. The van der Waals surface area contributed by atoms with Crippen LogP contribution in [0.2, 0.25) is 0 Å². The van der Waals surface area contributed by atoms with Crippen LogP contribution in [0.5, 0.6) is 0 Å². The van der Waals surface area contributed by atoms with Gasteiger partial charge in [-0.25, -0.2) is 4.68 Å². The Morgan fingerprint density at radius 1 is 1.24 bits per heavy atom. The predicted molar refractivity (Wildman–Crippen MR) is 111 cm³/mol. The Balaban J connectivity index is 1.58. The molecule has 1 amide bonds. The fourth-order valence-electron chi connectivity index (χ4n) is 5.00. The highest BCUT2D eigenvalue weighted by molar-refractivity contribution is 5.79. The third-order valence-corrected chi connectivity index (χ3v) is 6.70. The lowest BCUT2D eigenvalue weighted by Gasteiger charge is -2.46. The Bertz CT molecular complexity index is 856. The summed E-state index contributed by atoms with van der Waals surface area (Å²) in [5, 5.41) is 12.9. The summed E-state index contributed by atoms with van der Waals surface area (Å²) in [7, 11) is 4.17. The van der Waals surface area contributed by atoms with Gasteiger partial charge in [-0.1, -0.05) is 42.7 Å². The Kier molecular flexibility index (Phi) is 5.67. The molecule has 29 heavy (non-hydrogen) atoms. The lowest BCUT2D eigenvalue weighted by Crippen LogP contribution is -2.57. The number of hydrogen-bond donors (Lipinski definition) is 0. The maximum absolute atomic E-state index is 13.1. The fourth-order valence-corrected chi connectivity index (χ4v) is 5.00. The highest BCUT2D eigenvalue weighted by Gasteiger charge is 2.45. The minimum atomic E-state index is -0.341. The number of aryl methyl sites for hydroxylation is 1. The summed E-state index contributed by atoms with van der Waals surface area (Å²) in [6.07, 6.45) is 7.10. The van der Waals surface area contributed by atoms with Crippen molar-refractivity contribution in [3.05, 3.63) is 41.2 Å². The van der Waals surface area contributed by atoms with Crippen LogP contribution in [0.25, 0.3) is 0 Å². The molecule has 1 aromatic heterocycles. The molecule has 0 bridgehead atoms. The van der Waals surface area contributed by atoms with Gasteiger partial charge in [0.25, 0.3) is 0 Å². The van der Waals surface area contributed by atoms with Crippen LogP contribution in [0.4, 0.5) is 0 Å². The lowest BCUT2D eigenvalue weighted by atomic mass is 9.86. The van der Waals surface area contributed by atoms with Crippen molar-refractivity contribution >= 4 is 5.91 Å². The number of benzene rings is 1. The second-order valence-corrected chi connectivity index (χ2v) is 8.90. The molecule has 2 aliphatic rings. The van der Waals surface area contributed by atoms with Gasteiger partial charge in [0.05, 0.1) is 12.5 Å². The molecule has 1 aromatic carbocycles. The van der Waals surface area contributed by atoms with Gasteiger partial charge in [-0.2, -0.15) is 0 Å². The van der Waals surface area contributed by atoms with E-state index in [0.717, 1.165) is 43.6 Å². The Labute approximate surface area is 173 Å². The molecule has 1 saturated heterocycles. The summed E-state index contributed by atoms with van der Waals surface area (Å²) in [4.78, 5) is 17.4. The van der Waals surface area contributed by atoms with E-state index in [1.165, 1.54) is 18.4 Å². The predicted octanol–water partition coefficient (Wildman–Crippen LogP) is 2.72. The number of piperidine rings is 1. The molecule has 7 heteroatoms. The third-order valence-electron chi connectivity index (χ3n) is 6.70. The van der Waals surface area contributed by atoms with Crippen molar-refractivity contribution in [2.24, 2.45) is 0 Å². The van der Waals surface area contributed by atoms with Gasteiger partial charge in [-0.3, -0.25) is 9.69 Å².